The lowest BCUT2D eigenvalue weighted by Gasteiger charge is -2.24. The van der Waals surface area contributed by atoms with Gasteiger partial charge in [0.2, 0.25) is 0 Å². The number of hydrogen-bond acceptors (Lipinski definition) is 3. The van der Waals surface area contributed by atoms with Crippen LogP contribution in [0.15, 0.2) is 22.7 Å². The van der Waals surface area contributed by atoms with Crippen molar-refractivity contribution in [2.24, 2.45) is 5.92 Å². The molecule has 4 heteroatoms. The van der Waals surface area contributed by atoms with Crippen LogP contribution >= 0.6 is 15.9 Å². The van der Waals surface area contributed by atoms with Gasteiger partial charge in [0.05, 0.1) is 6.61 Å². The van der Waals surface area contributed by atoms with Crippen LogP contribution < -0.4 is 10.2 Å². The highest BCUT2D eigenvalue weighted by molar-refractivity contribution is 9.10. The molecule has 1 aromatic carbocycles. The van der Waals surface area contributed by atoms with Gasteiger partial charge in [-0.3, -0.25) is 0 Å². The normalized spacial score (nSPS) is 14.6. The van der Waals surface area contributed by atoms with E-state index in [4.69, 9.17) is 4.74 Å². The van der Waals surface area contributed by atoms with Gasteiger partial charge in [-0.25, -0.2) is 0 Å². The smallest absolute Gasteiger partial charge is 0.0587 e. The Morgan fingerprint density at radius 2 is 2.20 bits per heavy atom. The summed E-state index contributed by atoms with van der Waals surface area (Å²) in [6.45, 7) is 7.02. The van der Waals surface area contributed by atoms with Crippen LogP contribution in [0.5, 0.6) is 0 Å². The van der Waals surface area contributed by atoms with Gasteiger partial charge in [-0.2, -0.15) is 0 Å². The Morgan fingerprint density at radius 1 is 1.40 bits per heavy atom. The maximum absolute atomic E-state index is 5.04. The molecule has 0 aromatic heterocycles. The molecule has 1 fully saturated rings. The maximum atomic E-state index is 5.04. The van der Waals surface area contributed by atoms with E-state index >= 15 is 0 Å². The third-order valence-electron chi connectivity index (χ3n) is 3.76. The average molecular weight is 341 g/mol. The van der Waals surface area contributed by atoms with E-state index in [2.05, 4.69) is 51.3 Å². The second kappa shape index (κ2) is 8.01. The molecule has 0 heterocycles. The molecule has 2 rings (SSSR count). The van der Waals surface area contributed by atoms with Crippen LogP contribution in [0, 0.1) is 5.92 Å². The highest BCUT2D eigenvalue weighted by atomic mass is 79.9. The van der Waals surface area contributed by atoms with Crippen LogP contribution in [0.4, 0.5) is 5.69 Å². The van der Waals surface area contributed by atoms with Crippen molar-refractivity contribution in [1.82, 2.24) is 5.32 Å². The molecular weight excluding hydrogens is 316 g/mol. The summed E-state index contributed by atoms with van der Waals surface area (Å²) in [6, 6.07) is 6.71. The second-order valence-corrected chi connectivity index (χ2v) is 6.28. The first-order valence-corrected chi connectivity index (χ1v) is 8.27. The van der Waals surface area contributed by atoms with Gasteiger partial charge >= 0.3 is 0 Å². The predicted octanol–water partition coefficient (Wildman–Crippen LogP) is 3.42. The first-order chi connectivity index (χ1) is 9.74. The lowest BCUT2D eigenvalue weighted by molar-refractivity contribution is 0.199. The summed E-state index contributed by atoms with van der Waals surface area (Å²) in [5, 5.41) is 3.38. The van der Waals surface area contributed by atoms with E-state index in [1.165, 1.54) is 35.1 Å². The van der Waals surface area contributed by atoms with Gasteiger partial charge in [0.25, 0.3) is 0 Å². The molecule has 1 aliphatic rings. The molecule has 1 N–H and O–H groups in total. The molecule has 1 aromatic rings. The molecule has 1 aliphatic carbocycles. The van der Waals surface area contributed by atoms with Crippen molar-refractivity contribution in [2.45, 2.75) is 26.3 Å². The molecule has 0 radical (unpaired) electrons. The van der Waals surface area contributed by atoms with Crippen LogP contribution in [0.3, 0.4) is 0 Å². The number of ether oxygens (including phenoxy) is 1. The van der Waals surface area contributed by atoms with Gasteiger partial charge in [-0.05, 0) is 43.4 Å². The van der Waals surface area contributed by atoms with Crippen molar-refractivity contribution >= 4 is 21.6 Å². The van der Waals surface area contributed by atoms with E-state index in [0.29, 0.717) is 0 Å². The van der Waals surface area contributed by atoms with Crippen LogP contribution in [0.25, 0.3) is 0 Å². The van der Waals surface area contributed by atoms with Crippen molar-refractivity contribution in [3.05, 3.63) is 28.2 Å². The number of anilines is 1. The molecule has 20 heavy (non-hydrogen) atoms. The molecule has 112 valence electrons. The Kier molecular flexibility index (Phi) is 6.33. The topological polar surface area (TPSA) is 24.5 Å². The van der Waals surface area contributed by atoms with Crippen LogP contribution in [0.1, 0.15) is 25.3 Å². The first-order valence-electron chi connectivity index (χ1n) is 7.47. The van der Waals surface area contributed by atoms with E-state index in [1.54, 1.807) is 7.11 Å². The van der Waals surface area contributed by atoms with Gasteiger partial charge in [0, 0.05) is 43.4 Å². The minimum atomic E-state index is 0.751. The predicted molar refractivity (Wildman–Crippen MR) is 88.3 cm³/mol. The highest BCUT2D eigenvalue weighted by Gasteiger charge is 2.24. The van der Waals surface area contributed by atoms with Crippen molar-refractivity contribution in [2.75, 3.05) is 38.3 Å². The summed E-state index contributed by atoms with van der Waals surface area (Å²) in [4.78, 5) is 2.48. The third kappa shape index (κ3) is 4.76. The Balaban J connectivity index is 1.92. The number of rotatable bonds is 9. The highest BCUT2D eigenvalue weighted by Crippen LogP contribution is 2.32. The lowest BCUT2D eigenvalue weighted by Crippen LogP contribution is -2.25. The van der Waals surface area contributed by atoms with Crippen LogP contribution in [-0.2, 0) is 11.3 Å². The molecule has 0 amide bonds. The van der Waals surface area contributed by atoms with Gasteiger partial charge in [0.15, 0.2) is 0 Å². The lowest BCUT2D eigenvalue weighted by atomic mass is 10.2. The van der Waals surface area contributed by atoms with E-state index < -0.39 is 0 Å². The zero-order chi connectivity index (χ0) is 14.4. The van der Waals surface area contributed by atoms with Gasteiger partial charge in [-0.15, -0.1) is 0 Å². The van der Waals surface area contributed by atoms with Crippen molar-refractivity contribution in [1.29, 1.82) is 0 Å². The fraction of sp³-hybridized carbons (Fsp3) is 0.625. The molecule has 1 saturated carbocycles. The van der Waals surface area contributed by atoms with E-state index in [0.717, 1.165) is 32.2 Å². The molecule has 0 saturated heterocycles. The SMILES string of the molecule is CCN(CC1CC1)c1ccc(CNCCOC)c(Br)c1. The minimum Gasteiger partial charge on any atom is -0.383 e. The zero-order valence-electron chi connectivity index (χ0n) is 12.5. The molecule has 3 nitrogen and oxygen atoms in total. The largest absolute Gasteiger partial charge is 0.383 e. The van der Waals surface area contributed by atoms with Crippen molar-refractivity contribution in [3.63, 3.8) is 0 Å². The third-order valence-corrected chi connectivity index (χ3v) is 4.50. The molecule has 0 bridgehead atoms. The van der Waals surface area contributed by atoms with Crippen LogP contribution in [-0.4, -0.2) is 33.4 Å². The summed E-state index contributed by atoms with van der Waals surface area (Å²) >= 11 is 3.70. The van der Waals surface area contributed by atoms with E-state index in [9.17, 15) is 0 Å². The van der Waals surface area contributed by atoms with Crippen LogP contribution in [0.2, 0.25) is 0 Å². The fourth-order valence-corrected chi connectivity index (χ4v) is 2.81. The van der Waals surface area contributed by atoms with Crippen molar-refractivity contribution in [3.8, 4) is 0 Å². The quantitative estimate of drug-likeness (QED) is 0.697. The Labute approximate surface area is 130 Å². The standard InChI is InChI=1S/C16H25BrN2O/c1-3-19(12-13-4-5-13)15-7-6-14(16(17)10-15)11-18-8-9-20-2/h6-7,10,13,18H,3-5,8-9,11-12H2,1-2H3. The monoisotopic (exact) mass is 340 g/mol. The number of nitrogens with zero attached hydrogens (tertiary/aromatic N) is 1. The van der Waals surface area contributed by atoms with E-state index in [1.807, 2.05) is 0 Å². The molecular formula is C16H25BrN2O. The molecule has 0 unspecified atom stereocenters. The van der Waals surface area contributed by atoms with E-state index in [-0.39, 0.29) is 0 Å². The molecule has 0 atom stereocenters. The molecule has 0 aliphatic heterocycles. The molecule has 0 spiro atoms. The maximum Gasteiger partial charge on any atom is 0.0587 e. The summed E-state index contributed by atoms with van der Waals surface area (Å²) in [5.74, 6) is 0.920. The van der Waals surface area contributed by atoms with Gasteiger partial charge < -0.3 is 15.0 Å². The zero-order valence-corrected chi connectivity index (χ0v) is 14.1. The summed E-state index contributed by atoms with van der Waals surface area (Å²) < 4.78 is 6.23. The average Bonchev–Trinajstić information content (AvgIpc) is 3.26. The van der Waals surface area contributed by atoms with Gasteiger partial charge in [0.1, 0.15) is 0 Å². The Morgan fingerprint density at radius 3 is 2.80 bits per heavy atom. The first kappa shape index (κ1) is 15.8. The summed E-state index contributed by atoms with van der Waals surface area (Å²) in [7, 11) is 1.73. The second-order valence-electron chi connectivity index (χ2n) is 5.43. The number of nitrogens with one attached hydrogen (secondary N) is 1. The Bertz CT molecular complexity index is 421. The fourth-order valence-electron chi connectivity index (χ4n) is 2.30. The number of halogens is 1. The number of hydrogen-bond donors (Lipinski definition) is 1. The Hall–Kier alpha value is -0.580. The minimum absolute atomic E-state index is 0.751. The number of benzene rings is 1. The van der Waals surface area contributed by atoms with Gasteiger partial charge in [-0.1, -0.05) is 22.0 Å². The summed E-state index contributed by atoms with van der Waals surface area (Å²) in [6.07, 6.45) is 2.80. The van der Waals surface area contributed by atoms with Crippen molar-refractivity contribution < 1.29 is 4.74 Å². The summed E-state index contributed by atoms with van der Waals surface area (Å²) in [5.41, 5.74) is 2.62. The number of methoxy groups -OCH3 is 1.